The lowest BCUT2D eigenvalue weighted by molar-refractivity contribution is -0.141. The first kappa shape index (κ1) is 14.3. The number of nitrogens with zero attached hydrogens (tertiary/aromatic N) is 3. The highest BCUT2D eigenvalue weighted by Crippen LogP contribution is 2.31. The molecule has 106 valence electrons. The zero-order valence-electron chi connectivity index (χ0n) is 10.2. The molecular formula is C11H9F3N4OS. The van der Waals surface area contributed by atoms with Crippen molar-refractivity contribution in [3.63, 3.8) is 0 Å². The van der Waals surface area contributed by atoms with E-state index in [0.717, 1.165) is 12.1 Å². The third-order valence-corrected chi connectivity index (χ3v) is 2.53. The summed E-state index contributed by atoms with van der Waals surface area (Å²) in [5, 5.41) is 3.84. The van der Waals surface area contributed by atoms with Crippen LogP contribution in [0.2, 0.25) is 0 Å². The molecule has 0 fully saturated rings. The summed E-state index contributed by atoms with van der Waals surface area (Å²) in [5.74, 6) is -0.0721. The molecule has 0 bridgehead atoms. The summed E-state index contributed by atoms with van der Waals surface area (Å²) in [7, 11) is 1.64. The Kier molecular flexibility index (Phi) is 3.62. The van der Waals surface area contributed by atoms with Crippen molar-refractivity contribution in [3.8, 4) is 11.6 Å². The highest BCUT2D eigenvalue weighted by molar-refractivity contribution is 7.80. The number of hydrogen-bond acceptors (Lipinski definition) is 4. The van der Waals surface area contributed by atoms with E-state index >= 15 is 0 Å². The lowest BCUT2D eigenvalue weighted by atomic mass is 10.2. The van der Waals surface area contributed by atoms with Gasteiger partial charge in [0.15, 0.2) is 5.75 Å². The maximum atomic E-state index is 12.6. The van der Waals surface area contributed by atoms with Crippen LogP contribution >= 0.6 is 12.2 Å². The van der Waals surface area contributed by atoms with Crippen LogP contribution in [0, 0.1) is 0 Å². The summed E-state index contributed by atoms with van der Waals surface area (Å²) in [5.41, 5.74) is 4.48. The lowest BCUT2D eigenvalue weighted by Crippen LogP contribution is -2.15. The second kappa shape index (κ2) is 5.08. The predicted molar refractivity (Wildman–Crippen MR) is 68.4 cm³/mol. The van der Waals surface area contributed by atoms with E-state index in [-0.39, 0.29) is 22.2 Å². The molecule has 2 aromatic heterocycles. The average molecular weight is 302 g/mol. The number of pyridine rings is 1. The second-order valence-electron chi connectivity index (χ2n) is 3.86. The van der Waals surface area contributed by atoms with Crippen LogP contribution in [0.5, 0.6) is 11.6 Å². The SMILES string of the molecule is Cn1cc(Oc2nc(C(F)(F)F)ccc2C(N)=S)cn1. The van der Waals surface area contributed by atoms with E-state index in [1.54, 1.807) is 7.05 Å². The number of alkyl halides is 3. The summed E-state index contributed by atoms with van der Waals surface area (Å²) >= 11 is 4.76. The van der Waals surface area contributed by atoms with Gasteiger partial charge in [-0.3, -0.25) is 4.68 Å². The first-order valence-electron chi connectivity index (χ1n) is 5.32. The number of ether oxygens (including phenoxy) is 1. The zero-order chi connectivity index (χ0) is 14.9. The molecule has 2 rings (SSSR count). The van der Waals surface area contributed by atoms with Crippen molar-refractivity contribution in [2.24, 2.45) is 12.8 Å². The minimum atomic E-state index is -4.58. The van der Waals surface area contributed by atoms with Crippen molar-refractivity contribution in [1.82, 2.24) is 14.8 Å². The molecule has 0 saturated carbocycles. The predicted octanol–water partition coefficient (Wildman–Crippen LogP) is 2.26. The summed E-state index contributed by atoms with van der Waals surface area (Å²) in [4.78, 5) is 3.31. The summed E-state index contributed by atoms with van der Waals surface area (Å²) in [6.45, 7) is 0. The fourth-order valence-electron chi connectivity index (χ4n) is 1.43. The van der Waals surface area contributed by atoms with Crippen molar-refractivity contribution in [3.05, 3.63) is 35.8 Å². The van der Waals surface area contributed by atoms with E-state index in [1.165, 1.54) is 17.1 Å². The first-order chi connectivity index (χ1) is 9.27. The van der Waals surface area contributed by atoms with Gasteiger partial charge < -0.3 is 10.5 Å². The Morgan fingerprint density at radius 1 is 1.40 bits per heavy atom. The summed E-state index contributed by atoms with van der Waals surface area (Å²) < 4.78 is 44.6. The zero-order valence-corrected chi connectivity index (χ0v) is 11.0. The van der Waals surface area contributed by atoms with Crippen LogP contribution in [0.3, 0.4) is 0 Å². The quantitative estimate of drug-likeness (QED) is 0.881. The van der Waals surface area contributed by atoms with Crippen LogP contribution in [0.25, 0.3) is 0 Å². The normalized spacial score (nSPS) is 11.4. The van der Waals surface area contributed by atoms with E-state index in [1.807, 2.05) is 0 Å². The smallest absolute Gasteiger partial charge is 0.433 e. The van der Waals surface area contributed by atoms with Crippen LogP contribution in [0.1, 0.15) is 11.3 Å². The first-order valence-corrected chi connectivity index (χ1v) is 5.73. The maximum absolute atomic E-state index is 12.6. The summed E-state index contributed by atoms with van der Waals surface area (Å²) in [6.07, 6.45) is -1.77. The van der Waals surface area contributed by atoms with Crippen molar-refractivity contribution in [2.75, 3.05) is 0 Å². The Balaban J connectivity index is 2.44. The summed E-state index contributed by atoms with van der Waals surface area (Å²) in [6, 6.07) is 1.93. The molecule has 0 aliphatic heterocycles. The molecule has 0 aliphatic rings. The van der Waals surface area contributed by atoms with Crippen molar-refractivity contribution >= 4 is 17.2 Å². The Morgan fingerprint density at radius 2 is 2.10 bits per heavy atom. The molecule has 2 aromatic rings. The van der Waals surface area contributed by atoms with Gasteiger partial charge in [-0.1, -0.05) is 12.2 Å². The van der Waals surface area contributed by atoms with Crippen LogP contribution in [0.15, 0.2) is 24.5 Å². The molecule has 0 atom stereocenters. The van der Waals surface area contributed by atoms with Crippen molar-refractivity contribution in [2.45, 2.75) is 6.18 Å². The van der Waals surface area contributed by atoms with Gasteiger partial charge in [0.1, 0.15) is 10.7 Å². The van der Waals surface area contributed by atoms with E-state index in [0.29, 0.717) is 0 Å². The highest BCUT2D eigenvalue weighted by atomic mass is 32.1. The van der Waals surface area contributed by atoms with E-state index in [2.05, 4.69) is 10.1 Å². The van der Waals surface area contributed by atoms with Crippen molar-refractivity contribution < 1.29 is 17.9 Å². The molecule has 0 amide bonds. The number of halogens is 3. The molecule has 2 N–H and O–H groups in total. The minimum Gasteiger partial charge on any atom is -0.435 e. The molecule has 5 nitrogen and oxygen atoms in total. The molecule has 0 spiro atoms. The fraction of sp³-hybridized carbons (Fsp3) is 0.182. The Labute approximate surface area is 117 Å². The van der Waals surface area contributed by atoms with Crippen molar-refractivity contribution in [1.29, 1.82) is 0 Å². The number of hydrogen-bond donors (Lipinski definition) is 1. The molecule has 0 unspecified atom stereocenters. The van der Waals surface area contributed by atoms with E-state index < -0.39 is 11.9 Å². The fourth-order valence-corrected chi connectivity index (χ4v) is 1.58. The molecule has 20 heavy (non-hydrogen) atoms. The van der Waals surface area contributed by atoms with Crippen LogP contribution in [-0.4, -0.2) is 19.8 Å². The van der Waals surface area contributed by atoms with Gasteiger partial charge in [-0.2, -0.15) is 18.3 Å². The molecule has 0 saturated heterocycles. The van der Waals surface area contributed by atoms with Gasteiger partial charge in [0.2, 0.25) is 5.88 Å². The largest absolute Gasteiger partial charge is 0.435 e. The maximum Gasteiger partial charge on any atom is 0.433 e. The number of rotatable bonds is 3. The molecule has 9 heteroatoms. The monoisotopic (exact) mass is 302 g/mol. The lowest BCUT2D eigenvalue weighted by Gasteiger charge is -2.11. The second-order valence-corrected chi connectivity index (χ2v) is 4.30. The van der Waals surface area contributed by atoms with Gasteiger partial charge in [-0.05, 0) is 12.1 Å². The van der Waals surface area contributed by atoms with Crippen LogP contribution in [-0.2, 0) is 13.2 Å². The number of thiocarbonyl (C=S) groups is 1. The molecule has 0 aliphatic carbocycles. The molecule has 0 aromatic carbocycles. The third-order valence-electron chi connectivity index (χ3n) is 2.31. The Bertz CT molecular complexity index is 653. The molecule has 2 heterocycles. The van der Waals surface area contributed by atoms with Gasteiger partial charge in [0.05, 0.1) is 18.0 Å². The standard InChI is InChI=1S/C11H9F3N4OS/c1-18-5-6(4-16-18)19-10-7(9(15)20)2-3-8(17-10)11(12,13)14/h2-5H,1H3,(H2,15,20). The number of aromatic nitrogens is 3. The average Bonchev–Trinajstić information content (AvgIpc) is 2.73. The Morgan fingerprint density at radius 3 is 2.60 bits per heavy atom. The van der Waals surface area contributed by atoms with Crippen LogP contribution in [0.4, 0.5) is 13.2 Å². The molecular weight excluding hydrogens is 293 g/mol. The van der Waals surface area contributed by atoms with E-state index in [4.69, 9.17) is 22.7 Å². The Hall–Kier alpha value is -2.16. The van der Waals surface area contributed by atoms with Gasteiger partial charge in [0.25, 0.3) is 0 Å². The van der Waals surface area contributed by atoms with Gasteiger partial charge in [-0.25, -0.2) is 4.98 Å². The van der Waals surface area contributed by atoms with Gasteiger partial charge in [-0.15, -0.1) is 0 Å². The molecule has 0 radical (unpaired) electrons. The van der Waals surface area contributed by atoms with Gasteiger partial charge >= 0.3 is 6.18 Å². The highest BCUT2D eigenvalue weighted by Gasteiger charge is 2.33. The van der Waals surface area contributed by atoms with Gasteiger partial charge in [0, 0.05) is 7.05 Å². The number of aryl methyl sites for hydroxylation is 1. The number of nitrogens with two attached hydrogens (primary N) is 1. The minimum absolute atomic E-state index is 0.106. The topological polar surface area (TPSA) is 66.0 Å². The van der Waals surface area contributed by atoms with E-state index in [9.17, 15) is 13.2 Å². The third kappa shape index (κ3) is 3.05. The van der Waals surface area contributed by atoms with Crippen LogP contribution < -0.4 is 10.5 Å².